The van der Waals surface area contributed by atoms with Crippen LogP contribution >= 0.6 is 11.6 Å². The molecule has 0 spiro atoms. The van der Waals surface area contributed by atoms with E-state index in [0.717, 1.165) is 16.8 Å². The van der Waals surface area contributed by atoms with Gasteiger partial charge in [0.1, 0.15) is 5.75 Å². The summed E-state index contributed by atoms with van der Waals surface area (Å²) < 4.78 is 5.39. The van der Waals surface area contributed by atoms with E-state index < -0.39 is 0 Å². The van der Waals surface area contributed by atoms with Crippen molar-refractivity contribution in [3.05, 3.63) is 52.5 Å². The Hall–Kier alpha value is -2.20. The molecule has 1 amide bonds. The quantitative estimate of drug-likeness (QED) is 0.849. The Labute approximate surface area is 128 Å². The topological polar surface area (TPSA) is 64.3 Å². The van der Waals surface area contributed by atoms with Crippen molar-refractivity contribution >= 4 is 28.9 Å². The van der Waals surface area contributed by atoms with Crippen LogP contribution in [0.2, 0.25) is 5.02 Å². The predicted molar refractivity (Wildman–Crippen MR) is 85.9 cm³/mol. The SMILES string of the molecule is Cc1cc(NC(=O)COc2cccc(Cl)c2)c(C)cc1N. The second-order valence-electron chi connectivity index (χ2n) is 4.82. The first kappa shape index (κ1) is 15.2. The molecular formula is C16H17ClN2O2. The molecule has 0 saturated heterocycles. The number of hydrogen-bond donors (Lipinski definition) is 2. The maximum atomic E-state index is 11.9. The van der Waals surface area contributed by atoms with Crippen LogP contribution in [0.25, 0.3) is 0 Å². The average molecular weight is 305 g/mol. The number of nitrogens with one attached hydrogen (secondary N) is 1. The third kappa shape index (κ3) is 4.13. The molecule has 5 heteroatoms. The number of nitrogen functional groups attached to an aromatic ring is 1. The highest BCUT2D eigenvalue weighted by molar-refractivity contribution is 6.30. The summed E-state index contributed by atoms with van der Waals surface area (Å²) >= 11 is 5.85. The van der Waals surface area contributed by atoms with E-state index in [1.165, 1.54) is 0 Å². The minimum absolute atomic E-state index is 0.0802. The van der Waals surface area contributed by atoms with Crippen molar-refractivity contribution in [1.29, 1.82) is 0 Å². The number of nitrogens with two attached hydrogens (primary N) is 1. The van der Waals surface area contributed by atoms with E-state index in [2.05, 4.69) is 5.32 Å². The fourth-order valence-electron chi connectivity index (χ4n) is 1.87. The lowest BCUT2D eigenvalue weighted by atomic mass is 10.1. The van der Waals surface area contributed by atoms with Gasteiger partial charge in [0.25, 0.3) is 5.91 Å². The van der Waals surface area contributed by atoms with Gasteiger partial charge in [0, 0.05) is 16.4 Å². The van der Waals surface area contributed by atoms with Gasteiger partial charge < -0.3 is 15.8 Å². The predicted octanol–water partition coefficient (Wildman–Crippen LogP) is 3.56. The van der Waals surface area contributed by atoms with E-state index in [9.17, 15) is 4.79 Å². The van der Waals surface area contributed by atoms with Crippen molar-refractivity contribution in [3.8, 4) is 5.75 Å². The average Bonchev–Trinajstić information content (AvgIpc) is 2.43. The Morgan fingerprint density at radius 2 is 2.00 bits per heavy atom. The lowest BCUT2D eigenvalue weighted by Crippen LogP contribution is -2.20. The third-order valence-electron chi connectivity index (χ3n) is 3.05. The molecule has 0 heterocycles. The van der Waals surface area contributed by atoms with Gasteiger partial charge in [-0.05, 0) is 55.3 Å². The second kappa shape index (κ2) is 6.50. The van der Waals surface area contributed by atoms with Gasteiger partial charge in [0.05, 0.1) is 0 Å². The van der Waals surface area contributed by atoms with E-state index in [-0.39, 0.29) is 12.5 Å². The zero-order chi connectivity index (χ0) is 15.4. The van der Waals surface area contributed by atoms with Gasteiger partial charge in [0.15, 0.2) is 6.61 Å². The minimum Gasteiger partial charge on any atom is -0.484 e. The van der Waals surface area contributed by atoms with Crippen molar-refractivity contribution in [2.45, 2.75) is 13.8 Å². The minimum atomic E-state index is -0.234. The first-order chi connectivity index (χ1) is 9.95. The van der Waals surface area contributed by atoms with E-state index >= 15 is 0 Å². The molecule has 2 aromatic carbocycles. The third-order valence-corrected chi connectivity index (χ3v) is 3.29. The Morgan fingerprint density at radius 3 is 2.71 bits per heavy atom. The highest BCUT2D eigenvalue weighted by atomic mass is 35.5. The number of rotatable bonds is 4. The van der Waals surface area contributed by atoms with Crippen LogP contribution in [-0.2, 0) is 4.79 Å². The molecule has 2 rings (SSSR count). The van der Waals surface area contributed by atoms with E-state index in [1.807, 2.05) is 26.0 Å². The van der Waals surface area contributed by atoms with Gasteiger partial charge in [-0.3, -0.25) is 4.79 Å². The molecule has 0 radical (unpaired) electrons. The summed E-state index contributed by atoms with van der Waals surface area (Å²) in [6.07, 6.45) is 0. The number of carbonyl (C=O) groups excluding carboxylic acids is 1. The number of benzene rings is 2. The van der Waals surface area contributed by atoms with Gasteiger partial charge in [-0.2, -0.15) is 0 Å². The van der Waals surface area contributed by atoms with Crippen molar-refractivity contribution in [1.82, 2.24) is 0 Å². The van der Waals surface area contributed by atoms with Crippen LogP contribution in [0, 0.1) is 13.8 Å². The van der Waals surface area contributed by atoms with Crippen molar-refractivity contribution in [2.24, 2.45) is 0 Å². The van der Waals surface area contributed by atoms with Gasteiger partial charge in [-0.1, -0.05) is 17.7 Å². The second-order valence-corrected chi connectivity index (χ2v) is 5.25. The normalized spacial score (nSPS) is 10.2. The maximum absolute atomic E-state index is 11.9. The van der Waals surface area contributed by atoms with Crippen LogP contribution in [0.5, 0.6) is 5.75 Å². The summed E-state index contributed by atoms with van der Waals surface area (Å²) in [4.78, 5) is 11.9. The van der Waals surface area contributed by atoms with Crippen LogP contribution in [0.15, 0.2) is 36.4 Å². The van der Waals surface area contributed by atoms with E-state index in [4.69, 9.17) is 22.1 Å². The molecule has 4 nitrogen and oxygen atoms in total. The Bertz CT molecular complexity index is 671. The number of carbonyl (C=O) groups is 1. The fourth-order valence-corrected chi connectivity index (χ4v) is 2.05. The summed E-state index contributed by atoms with van der Waals surface area (Å²) in [5.74, 6) is 0.324. The Balaban J connectivity index is 1.97. The smallest absolute Gasteiger partial charge is 0.262 e. The molecule has 110 valence electrons. The molecule has 21 heavy (non-hydrogen) atoms. The molecule has 0 atom stereocenters. The van der Waals surface area contributed by atoms with E-state index in [1.54, 1.807) is 24.3 Å². The molecule has 0 aromatic heterocycles. The molecule has 0 saturated carbocycles. The fraction of sp³-hybridized carbons (Fsp3) is 0.188. The molecule has 0 bridgehead atoms. The first-order valence-corrected chi connectivity index (χ1v) is 6.88. The summed E-state index contributed by atoms with van der Waals surface area (Å²) in [7, 11) is 0. The monoisotopic (exact) mass is 304 g/mol. The number of ether oxygens (including phenoxy) is 1. The molecule has 0 fully saturated rings. The zero-order valence-corrected chi connectivity index (χ0v) is 12.7. The first-order valence-electron chi connectivity index (χ1n) is 6.50. The molecular weight excluding hydrogens is 288 g/mol. The number of anilines is 2. The Kier molecular flexibility index (Phi) is 4.70. The maximum Gasteiger partial charge on any atom is 0.262 e. The highest BCUT2D eigenvalue weighted by Crippen LogP contribution is 2.22. The molecule has 0 aliphatic rings. The summed E-state index contributed by atoms with van der Waals surface area (Å²) in [6.45, 7) is 3.71. The lowest BCUT2D eigenvalue weighted by molar-refractivity contribution is -0.118. The number of aryl methyl sites for hydroxylation is 2. The molecule has 0 aliphatic carbocycles. The lowest BCUT2D eigenvalue weighted by Gasteiger charge is -2.12. The highest BCUT2D eigenvalue weighted by Gasteiger charge is 2.08. The summed E-state index contributed by atoms with van der Waals surface area (Å²) in [6, 6.07) is 10.6. The van der Waals surface area contributed by atoms with E-state index in [0.29, 0.717) is 16.5 Å². The molecule has 0 unspecified atom stereocenters. The largest absolute Gasteiger partial charge is 0.484 e. The standard InChI is InChI=1S/C16H17ClN2O2/c1-10-7-15(11(2)6-14(10)18)19-16(20)9-21-13-5-3-4-12(17)8-13/h3-8H,9,18H2,1-2H3,(H,19,20). The van der Waals surface area contributed by atoms with Gasteiger partial charge >= 0.3 is 0 Å². The van der Waals surface area contributed by atoms with Crippen molar-refractivity contribution < 1.29 is 9.53 Å². The van der Waals surface area contributed by atoms with Gasteiger partial charge in [-0.15, -0.1) is 0 Å². The molecule has 2 aromatic rings. The van der Waals surface area contributed by atoms with Crippen LogP contribution in [0.1, 0.15) is 11.1 Å². The number of amides is 1. The number of halogens is 1. The van der Waals surface area contributed by atoms with Crippen molar-refractivity contribution in [2.75, 3.05) is 17.7 Å². The zero-order valence-electron chi connectivity index (χ0n) is 11.9. The van der Waals surface area contributed by atoms with Crippen molar-refractivity contribution in [3.63, 3.8) is 0 Å². The summed E-state index contributed by atoms with van der Waals surface area (Å²) in [5.41, 5.74) is 9.10. The molecule has 3 N–H and O–H groups in total. The van der Waals surface area contributed by atoms with Crippen LogP contribution in [-0.4, -0.2) is 12.5 Å². The molecule has 0 aliphatic heterocycles. The van der Waals surface area contributed by atoms with Crippen LogP contribution in [0.3, 0.4) is 0 Å². The van der Waals surface area contributed by atoms with Crippen LogP contribution < -0.4 is 15.8 Å². The van der Waals surface area contributed by atoms with Gasteiger partial charge in [0.2, 0.25) is 0 Å². The van der Waals surface area contributed by atoms with Crippen LogP contribution in [0.4, 0.5) is 11.4 Å². The summed E-state index contributed by atoms with van der Waals surface area (Å²) in [5, 5.41) is 3.38. The number of hydrogen-bond acceptors (Lipinski definition) is 3. The van der Waals surface area contributed by atoms with Gasteiger partial charge in [-0.25, -0.2) is 0 Å². The Morgan fingerprint density at radius 1 is 1.24 bits per heavy atom.